The molecule has 0 aliphatic heterocycles. The molecule has 5 heteroatoms. The minimum absolute atomic E-state index is 0.0258. The van der Waals surface area contributed by atoms with Crippen LogP contribution in [0.1, 0.15) is 13.8 Å². The minimum Gasteiger partial charge on any atom is -0.394 e. The molecule has 0 amide bonds. The summed E-state index contributed by atoms with van der Waals surface area (Å²) in [6, 6.07) is 3.72. The highest BCUT2D eigenvalue weighted by atomic mass is 16.3. The summed E-state index contributed by atoms with van der Waals surface area (Å²) in [6.07, 6.45) is 3.55. The van der Waals surface area contributed by atoms with Gasteiger partial charge in [0.2, 0.25) is 0 Å². The average molecular weight is 220 g/mol. The number of nitrogens with zero attached hydrogens (tertiary/aromatic N) is 3. The fourth-order valence-corrected chi connectivity index (χ4v) is 1.51. The SMILES string of the molecule is CC(C)[C@@H](CO)Nc1ccn2nccc2n1. The largest absolute Gasteiger partial charge is 0.394 e. The van der Waals surface area contributed by atoms with Gasteiger partial charge in [-0.3, -0.25) is 0 Å². The van der Waals surface area contributed by atoms with Crippen molar-refractivity contribution in [3.05, 3.63) is 24.5 Å². The molecule has 0 saturated carbocycles. The predicted octanol–water partition coefficient (Wildman–Crippen LogP) is 1.16. The molecule has 86 valence electrons. The maximum atomic E-state index is 9.22. The van der Waals surface area contributed by atoms with Gasteiger partial charge in [-0.05, 0) is 12.0 Å². The molecule has 0 spiro atoms. The fraction of sp³-hybridized carbons (Fsp3) is 0.455. The van der Waals surface area contributed by atoms with Crippen LogP contribution in [0.4, 0.5) is 5.82 Å². The Morgan fingerprint density at radius 1 is 1.44 bits per heavy atom. The molecule has 0 saturated heterocycles. The molecule has 2 N–H and O–H groups in total. The molecule has 1 atom stereocenters. The van der Waals surface area contributed by atoms with E-state index in [0.717, 1.165) is 11.5 Å². The van der Waals surface area contributed by atoms with Crippen molar-refractivity contribution in [2.45, 2.75) is 19.9 Å². The van der Waals surface area contributed by atoms with Crippen LogP contribution in [0.25, 0.3) is 5.65 Å². The first-order chi connectivity index (χ1) is 7.70. The van der Waals surface area contributed by atoms with Gasteiger partial charge in [0.1, 0.15) is 5.82 Å². The van der Waals surface area contributed by atoms with E-state index in [1.807, 2.05) is 18.3 Å². The molecule has 0 aliphatic carbocycles. The first-order valence-electron chi connectivity index (χ1n) is 5.38. The normalized spacial score (nSPS) is 13.2. The van der Waals surface area contributed by atoms with Crippen LogP contribution < -0.4 is 5.32 Å². The first-order valence-corrected chi connectivity index (χ1v) is 5.38. The van der Waals surface area contributed by atoms with Crippen molar-refractivity contribution in [2.24, 2.45) is 5.92 Å². The molecule has 2 aromatic rings. The van der Waals surface area contributed by atoms with Gasteiger partial charge in [-0.2, -0.15) is 5.10 Å². The quantitative estimate of drug-likeness (QED) is 0.811. The van der Waals surface area contributed by atoms with Gasteiger partial charge in [0.05, 0.1) is 18.8 Å². The molecular weight excluding hydrogens is 204 g/mol. The summed E-state index contributed by atoms with van der Waals surface area (Å²) in [4.78, 5) is 4.38. The second-order valence-electron chi connectivity index (χ2n) is 4.12. The maximum Gasteiger partial charge on any atom is 0.157 e. The second kappa shape index (κ2) is 4.49. The fourth-order valence-electron chi connectivity index (χ4n) is 1.51. The Morgan fingerprint density at radius 3 is 2.94 bits per heavy atom. The third-order valence-electron chi connectivity index (χ3n) is 2.59. The molecule has 0 bridgehead atoms. The lowest BCUT2D eigenvalue weighted by molar-refractivity contribution is 0.249. The van der Waals surface area contributed by atoms with Crippen LogP contribution in [-0.2, 0) is 0 Å². The average Bonchev–Trinajstić information content (AvgIpc) is 2.72. The lowest BCUT2D eigenvalue weighted by Crippen LogP contribution is -2.29. The summed E-state index contributed by atoms with van der Waals surface area (Å²) in [6.45, 7) is 4.22. The van der Waals surface area contributed by atoms with Crippen molar-refractivity contribution < 1.29 is 5.11 Å². The smallest absolute Gasteiger partial charge is 0.157 e. The summed E-state index contributed by atoms with van der Waals surface area (Å²) in [5.41, 5.74) is 0.797. The van der Waals surface area contributed by atoms with Crippen molar-refractivity contribution in [1.29, 1.82) is 0 Å². The van der Waals surface area contributed by atoms with Crippen LogP contribution in [0.3, 0.4) is 0 Å². The zero-order chi connectivity index (χ0) is 11.5. The van der Waals surface area contributed by atoms with Crippen LogP contribution in [0.5, 0.6) is 0 Å². The van der Waals surface area contributed by atoms with Crippen molar-refractivity contribution in [2.75, 3.05) is 11.9 Å². The van der Waals surface area contributed by atoms with Gasteiger partial charge in [0, 0.05) is 12.3 Å². The summed E-state index contributed by atoms with van der Waals surface area (Å²) in [5, 5.41) is 16.5. The van der Waals surface area contributed by atoms with E-state index >= 15 is 0 Å². The van der Waals surface area contributed by atoms with Gasteiger partial charge < -0.3 is 10.4 Å². The second-order valence-corrected chi connectivity index (χ2v) is 4.12. The molecule has 16 heavy (non-hydrogen) atoms. The molecule has 0 aliphatic rings. The number of aliphatic hydroxyl groups excluding tert-OH is 1. The van der Waals surface area contributed by atoms with Crippen LogP contribution in [0, 0.1) is 5.92 Å². The van der Waals surface area contributed by atoms with Crippen molar-refractivity contribution >= 4 is 11.5 Å². The number of anilines is 1. The van der Waals surface area contributed by atoms with Gasteiger partial charge in [0.25, 0.3) is 0 Å². The van der Waals surface area contributed by atoms with E-state index in [1.165, 1.54) is 0 Å². The molecule has 0 aromatic carbocycles. The van der Waals surface area contributed by atoms with Crippen LogP contribution in [-0.4, -0.2) is 32.4 Å². The van der Waals surface area contributed by atoms with Gasteiger partial charge in [-0.1, -0.05) is 13.8 Å². The molecule has 2 aromatic heterocycles. The third-order valence-corrected chi connectivity index (χ3v) is 2.59. The van der Waals surface area contributed by atoms with E-state index in [1.54, 1.807) is 10.7 Å². The number of hydrogen-bond donors (Lipinski definition) is 2. The topological polar surface area (TPSA) is 62.5 Å². The maximum absolute atomic E-state index is 9.22. The number of hydrogen-bond acceptors (Lipinski definition) is 4. The minimum atomic E-state index is 0.0258. The van der Waals surface area contributed by atoms with E-state index in [-0.39, 0.29) is 12.6 Å². The highest BCUT2D eigenvalue weighted by Gasteiger charge is 2.12. The molecule has 0 fully saturated rings. The third kappa shape index (κ3) is 2.14. The zero-order valence-corrected chi connectivity index (χ0v) is 9.46. The lowest BCUT2D eigenvalue weighted by Gasteiger charge is -2.20. The number of fused-ring (bicyclic) bond motifs is 1. The Kier molecular flexibility index (Phi) is 3.05. The molecular formula is C11H16N4O. The Morgan fingerprint density at radius 2 is 2.25 bits per heavy atom. The van der Waals surface area contributed by atoms with E-state index in [9.17, 15) is 5.11 Å². The molecule has 2 heterocycles. The van der Waals surface area contributed by atoms with Crippen LogP contribution >= 0.6 is 0 Å². The predicted molar refractivity (Wildman–Crippen MR) is 62.3 cm³/mol. The number of rotatable bonds is 4. The van der Waals surface area contributed by atoms with E-state index < -0.39 is 0 Å². The first kappa shape index (κ1) is 10.9. The number of nitrogens with one attached hydrogen (secondary N) is 1. The summed E-state index contributed by atoms with van der Waals surface area (Å²) in [5.74, 6) is 1.12. The van der Waals surface area contributed by atoms with E-state index in [0.29, 0.717) is 5.92 Å². The van der Waals surface area contributed by atoms with Crippen molar-refractivity contribution in [3.8, 4) is 0 Å². The highest BCUT2D eigenvalue weighted by Crippen LogP contribution is 2.11. The van der Waals surface area contributed by atoms with E-state index in [4.69, 9.17) is 0 Å². The Balaban J connectivity index is 2.19. The molecule has 5 nitrogen and oxygen atoms in total. The van der Waals surface area contributed by atoms with Crippen molar-refractivity contribution in [1.82, 2.24) is 14.6 Å². The van der Waals surface area contributed by atoms with Gasteiger partial charge in [0.15, 0.2) is 5.65 Å². The monoisotopic (exact) mass is 220 g/mol. The molecule has 0 unspecified atom stereocenters. The Labute approximate surface area is 94.1 Å². The van der Waals surface area contributed by atoms with Crippen LogP contribution in [0.15, 0.2) is 24.5 Å². The Hall–Kier alpha value is -1.62. The van der Waals surface area contributed by atoms with E-state index in [2.05, 4.69) is 29.2 Å². The summed E-state index contributed by atoms with van der Waals surface area (Å²) in [7, 11) is 0. The molecule has 2 rings (SSSR count). The van der Waals surface area contributed by atoms with Gasteiger partial charge >= 0.3 is 0 Å². The number of aromatic nitrogens is 3. The van der Waals surface area contributed by atoms with Crippen molar-refractivity contribution in [3.63, 3.8) is 0 Å². The highest BCUT2D eigenvalue weighted by molar-refractivity contribution is 5.45. The standard InChI is InChI=1S/C11H16N4O/c1-8(2)9(7-16)13-10-4-6-15-11(14-10)3-5-12-15/h3-6,8-9,16H,7H2,1-2H3,(H,13,14)/t9-/m1/s1. The van der Waals surface area contributed by atoms with Gasteiger partial charge in [-0.15, -0.1) is 0 Å². The Bertz CT molecular complexity index is 466. The molecule has 0 radical (unpaired) electrons. The lowest BCUT2D eigenvalue weighted by atomic mass is 10.1. The van der Waals surface area contributed by atoms with Crippen LogP contribution in [0.2, 0.25) is 0 Å². The zero-order valence-electron chi connectivity index (χ0n) is 9.46. The van der Waals surface area contributed by atoms with Gasteiger partial charge in [-0.25, -0.2) is 9.50 Å². The summed E-state index contributed by atoms with van der Waals surface area (Å²) >= 11 is 0. The summed E-state index contributed by atoms with van der Waals surface area (Å²) < 4.78 is 1.70. The number of aliphatic hydroxyl groups is 1.